The molecule has 0 bridgehead atoms. The molecule has 2 aromatic heterocycles. The van der Waals surface area contributed by atoms with Gasteiger partial charge in [0, 0.05) is 29.4 Å². The van der Waals surface area contributed by atoms with Gasteiger partial charge in [0.2, 0.25) is 0 Å². The monoisotopic (exact) mass is 387 g/mol. The molecule has 7 heteroatoms. The lowest BCUT2D eigenvalue weighted by atomic mass is 9.96. The number of likely N-dealkylation sites (tertiary alicyclic amines) is 1. The average Bonchev–Trinajstić information content (AvgIpc) is 3.38. The second kappa shape index (κ2) is 7.46. The third kappa shape index (κ3) is 3.52. The lowest BCUT2D eigenvalue weighted by molar-refractivity contribution is 0.0726. The molecule has 0 aromatic carbocycles. The summed E-state index contributed by atoms with van der Waals surface area (Å²) in [6, 6.07) is 3.95. The molecule has 1 atom stereocenters. The van der Waals surface area contributed by atoms with Gasteiger partial charge >= 0.3 is 0 Å². The quantitative estimate of drug-likeness (QED) is 0.867. The SMILES string of the molecule is CC(C)NC(=O)c1ccc(C2CCCN2C(=O)c2noc3c2CCCC3)s1. The van der Waals surface area contributed by atoms with Crippen molar-refractivity contribution < 1.29 is 14.1 Å². The van der Waals surface area contributed by atoms with Crippen molar-refractivity contribution in [3.05, 3.63) is 38.9 Å². The number of amides is 2. The Hall–Kier alpha value is -2.15. The number of hydrogen-bond acceptors (Lipinski definition) is 5. The highest BCUT2D eigenvalue weighted by Crippen LogP contribution is 2.37. The average molecular weight is 388 g/mol. The summed E-state index contributed by atoms with van der Waals surface area (Å²) in [5.74, 6) is 0.790. The lowest BCUT2D eigenvalue weighted by Gasteiger charge is -2.23. The largest absolute Gasteiger partial charge is 0.360 e. The first-order chi connectivity index (χ1) is 13.0. The predicted octanol–water partition coefficient (Wildman–Crippen LogP) is 3.73. The van der Waals surface area contributed by atoms with E-state index >= 15 is 0 Å². The first kappa shape index (κ1) is 18.2. The van der Waals surface area contributed by atoms with E-state index in [0.717, 1.165) is 61.3 Å². The van der Waals surface area contributed by atoms with E-state index in [9.17, 15) is 9.59 Å². The fraction of sp³-hybridized carbons (Fsp3) is 0.550. The molecule has 1 aliphatic carbocycles. The minimum absolute atomic E-state index is 0.0130. The summed E-state index contributed by atoms with van der Waals surface area (Å²) in [5, 5.41) is 7.03. The Balaban J connectivity index is 1.54. The molecule has 0 spiro atoms. The zero-order chi connectivity index (χ0) is 19.0. The zero-order valence-corrected chi connectivity index (χ0v) is 16.6. The number of aromatic nitrogens is 1. The molecule has 4 rings (SSSR count). The fourth-order valence-electron chi connectivity index (χ4n) is 3.98. The van der Waals surface area contributed by atoms with Gasteiger partial charge in [-0.25, -0.2) is 0 Å². The molecule has 144 valence electrons. The maximum absolute atomic E-state index is 13.2. The molecule has 6 nitrogen and oxygen atoms in total. The molecule has 1 aliphatic heterocycles. The van der Waals surface area contributed by atoms with Crippen LogP contribution in [0.25, 0.3) is 0 Å². The van der Waals surface area contributed by atoms with Crippen LogP contribution in [0.3, 0.4) is 0 Å². The summed E-state index contributed by atoms with van der Waals surface area (Å²) in [7, 11) is 0. The Labute approximate surface area is 162 Å². The third-order valence-electron chi connectivity index (χ3n) is 5.27. The topological polar surface area (TPSA) is 75.4 Å². The van der Waals surface area contributed by atoms with E-state index in [-0.39, 0.29) is 23.9 Å². The molecule has 1 fully saturated rings. The van der Waals surface area contributed by atoms with Gasteiger partial charge in [-0.1, -0.05) is 5.16 Å². The van der Waals surface area contributed by atoms with E-state index in [4.69, 9.17) is 4.52 Å². The molecule has 27 heavy (non-hydrogen) atoms. The highest BCUT2D eigenvalue weighted by atomic mass is 32.1. The molecular formula is C20H25N3O3S. The maximum Gasteiger partial charge on any atom is 0.276 e. The van der Waals surface area contributed by atoms with Crippen molar-refractivity contribution in [3.63, 3.8) is 0 Å². The summed E-state index contributed by atoms with van der Waals surface area (Å²) in [5.41, 5.74) is 1.49. The number of fused-ring (bicyclic) bond motifs is 1. The first-order valence-electron chi connectivity index (χ1n) is 9.73. The third-order valence-corrected chi connectivity index (χ3v) is 6.45. The number of carbonyl (C=O) groups is 2. The summed E-state index contributed by atoms with van der Waals surface area (Å²) < 4.78 is 5.43. The van der Waals surface area contributed by atoms with Gasteiger partial charge in [-0.2, -0.15) is 0 Å². The normalized spacial score (nSPS) is 19.4. The Kier molecular flexibility index (Phi) is 5.04. The van der Waals surface area contributed by atoms with E-state index in [1.165, 1.54) is 11.3 Å². The van der Waals surface area contributed by atoms with Gasteiger partial charge in [0.05, 0.1) is 10.9 Å². The van der Waals surface area contributed by atoms with Gasteiger partial charge in [0.15, 0.2) is 5.69 Å². The van der Waals surface area contributed by atoms with Gasteiger partial charge in [-0.05, 0) is 58.1 Å². The minimum atomic E-state index is -0.0531. The first-order valence-corrected chi connectivity index (χ1v) is 10.5. The van der Waals surface area contributed by atoms with E-state index < -0.39 is 0 Å². The molecule has 2 aliphatic rings. The van der Waals surface area contributed by atoms with Crippen LogP contribution < -0.4 is 5.32 Å². The molecule has 3 heterocycles. The number of carbonyl (C=O) groups excluding carboxylic acids is 2. The van der Waals surface area contributed by atoms with Gasteiger partial charge in [-0.3, -0.25) is 9.59 Å². The van der Waals surface area contributed by atoms with Crippen LogP contribution in [0.4, 0.5) is 0 Å². The summed E-state index contributed by atoms with van der Waals surface area (Å²) in [6.45, 7) is 4.61. The van der Waals surface area contributed by atoms with Gasteiger partial charge in [-0.15, -0.1) is 11.3 Å². The summed E-state index contributed by atoms with van der Waals surface area (Å²) >= 11 is 1.48. The molecule has 1 N–H and O–H groups in total. The molecule has 1 saturated heterocycles. The number of aryl methyl sites for hydroxylation is 1. The van der Waals surface area contributed by atoms with Gasteiger partial charge < -0.3 is 14.7 Å². The molecule has 2 aromatic rings. The Morgan fingerprint density at radius 2 is 2.07 bits per heavy atom. The molecule has 2 amide bonds. The van der Waals surface area contributed by atoms with E-state index in [2.05, 4.69) is 10.5 Å². The van der Waals surface area contributed by atoms with Crippen molar-refractivity contribution >= 4 is 23.2 Å². The number of nitrogens with one attached hydrogen (secondary N) is 1. The van der Waals surface area contributed by atoms with Crippen LogP contribution in [0, 0.1) is 0 Å². The van der Waals surface area contributed by atoms with Crippen LogP contribution in [-0.2, 0) is 12.8 Å². The Morgan fingerprint density at radius 1 is 1.26 bits per heavy atom. The van der Waals surface area contributed by atoms with Gasteiger partial charge in [0.25, 0.3) is 11.8 Å². The fourth-order valence-corrected chi connectivity index (χ4v) is 5.04. The maximum atomic E-state index is 13.2. The lowest BCUT2D eigenvalue weighted by Crippen LogP contribution is -2.31. The molecular weight excluding hydrogens is 362 g/mol. The number of hydrogen-bond donors (Lipinski definition) is 1. The smallest absolute Gasteiger partial charge is 0.276 e. The van der Waals surface area contributed by atoms with E-state index in [1.807, 2.05) is 30.9 Å². The number of nitrogens with zero attached hydrogens (tertiary/aromatic N) is 2. The Morgan fingerprint density at radius 3 is 2.89 bits per heavy atom. The Bertz CT molecular complexity index is 855. The van der Waals surface area contributed by atoms with Gasteiger partial charge in [0.1, 0.15) is 5.76 Å². The summed E-state index contributed by atoms with van der Waals surface area (Å²) in [6.07, 6.45) is 5.80. The highest BCUT2D eigenvalue weighted by Gasteiger charge is 2.35. The van der Waals surface area contributed by atoms with Crippen molar-refractivity contribution in [2.75, 3.05) is 6.54 Å². The van der Waals surface area contributed by atoms with Crippen molar-refractivity contribution in [1.29, 1.82) is 0 Å². The van der Waals surface area contributed by atoms with Crippen LogP contribution >= 0.6 is 11.3 Å². The minimum Gasteiger partial charge on any atom is -0.360 e. The second-order valence-electron chi connectivity index (χ2n) is 7.63. The van der Waals surface area contributed by atoms with Crippen molar-refractivity contribution in [1.82, 2.24) is 15.4 Å². The zero-order valence-electron chi connectivity index (χ0n) is 15.8. The van der Waals surface area contributed by atoms with E-state index in [0.29, 0.717) is 10.6 Å². The van der Waals surface area contributed by atoms with Crippen LogP contribution in [0.15, 0.2) is 16.7 Å². The van der Waals surface area contributed by atoms with Crippen molar-refractivity contribution in [2.45, 2.75) is 64.5 Å². The molecule has 0 saturated carbocycles. The standard InChI is InChI=1S/C20H25N3O3S/c1-12(2)21-19(24)17-10-9-16(27-17)14-7-5-11-23(14)20(25)18-13-6-3-4-8-15(13)26-22-18/h9-10,12,14H,3-8,11H2,1-2H3,(H,21,24). The highest BCUT2D eigenvalue weighted by molar-refractivity contribution is 7.14. The number of rotatable bonds is 4. The van der Waals surface area contributed by atoms with Crippen LogP contribution in [0.1, 0.15) is 81.9 Å². The van der Waals surface area contributed by atoms with Crippen molar-refractivity contribution in [3.8, 4) is 0 Å². The van der Waals surface area contributed by atoms with Crippen LogP contribution in [0.2, 0.25) is 0 Å². The van der Waals surface area contributed by atoms with Crippen LogP contribution in [-0.4, -0.2) is 34.5 Å². The second-order valence-corrected chi connectivity index (χ2v) is 8.74. The number of thiophene rings is 1. The van der Waals surface area contributed by atoms with E-state index in [1.54, 1.807) is 0 Å². The summed E-state index contributed by atoms with van der Waals surface area (Å²) in [4.78, 5) is 29.1. The molecule has 1 unspecified atom stereocenters. The predicted molar refractivity (Wildman–Crippen MR) is 103 cm³/mol. The van der Waals surface area contributed by atoms with Crippen molar-refractivity contribution in [2.24, 2.45) is 0 Å². The van der Waals surface area contributed by atoms with Crippen LogP contribution in [0.5, 0.6) is 0 Å². The molecule has 0 radical (unpaired) electrons.